The fourth-order valence-corrected chi connectivity index (χ4v) is 3.14. The van der Waals surface area contributed by atoms with Crippen LogP contribution in [0.5, 0.6) is 0 Å². The normalized spacial score (nSPS) is 15.7. The zero-order chi connectivity index (χ0) is 18.0. The molecule has 2 aromatic rings. The first-order valence-electron chi connectivity index (χ1n) is 8.06. The summed E-state index contributed by atoms with van der Waals surface area (Å²) in [6.45, 7) is 2.59. The van der Waals surface area contributed by atoms with Gasteiger partial charge in [0.1, 0.15) is 5.69 Å². The number of carbonyl (C=O) groups is 1. The van der Waals surface area contributed by atoms with Gasteiger partial charge in [0.25, 0.3) is 6.43 Å². The maximum atomic E-state index is 12.6. The largest absolute Gasteiger partial charge is 0.378 e. The van der Waals surface area contributed by atoms with Crippen LogP contribution >= 0.6 is 11.6 Å². The fraction of sp³-hybridized carbons (Fsp3) is 0.333. The van der Waals surface area contributed by atoms with Crippen LogP contribution in [-0.2, 0) is 4.79 Å². The fourth-order valence-electron chi connectivity index (χ4n) is 2.85. The standard InChI is InChI=1S/C18H18ClF2N3O/c1-11(12-4-6-15(18(20)21)22-10-12)23-13-5-7-16(14(19)9-13)24-8-2-3-17(24)25/h4-7,9-11,18,23H,2-3,8H2,1H3. The van der Waals surface area contributed by atoms with Crippen LogP contribution < -0.4 is 10.2 Å². The van der Waals surface area contributed by atoms with Gasteiger partial charge in [-0.25, -0.2) is 8.78 Å². The number of carbonyl (C=O) groups excluding carboxylic acids is 1. The minimum absolute atomic E-state index is 0.0844. The van der Waals surface area contributed by atoms with Crippen LogP contribution in [0.25, 0.3) is 0 Å². The van der Waals surface area contributed by atoms with Crippen molar-refractivity contribution < 1.29 is 13.6 Å². The monoisotopic (exact) mass is 365 g/mol. The summed E-state index contributed by atoms with van der Waals surface area (Å²) in [5, 5.41) is 3.76. The van der Waals surface area contributed by atoms with Crippen LogP contribution in [0.1, 0.15) is 43.5 Å². The molecule has 1 N–H and O–H groups in total. The Labute approximate surface area is 149 Å². The molecule has 25 heavy (non-hydrogen) atoms. The molecule has 1 aliphatic heterocycles. The summed E-state index contributed by atoms with van der Waals surface area (Å²) < 4.78 is 25.1. The van der Waals surface area contributed by atoms with Gasteiger partial charge in [-0.1, -0.05) is 17.7 Å². The zero-order valence-electron chi connectivity index (χ0n) is 13.7. The first-order valence-corrected chi connectivity index (χ1v) is 8.44. The molecular weight excluding hydrogens is 348 g/mol. The summed E-state index contributed by atoms with van der Waals surface area (Å²) in [6, 6.07) is 8.26. The molecule has 1 saturated heterocycles. The Kier molecular flexibility index (Phi) is 5.18. The molecule has 0 aliphatic carbocycles. The highest BCUT2D eigenvalue weighted by Gasteiger charge is 2.23. The Morgan fingerprint density at radius 3 is 2.64 bits per heavy atom. The van der Waals surface area contributed by atoms with Gasteiger partial charge in [0.05, 0.1) is 16.8 Å². The van der Waals surface area contributed by atoms with Crippen molar-refractivity contribution in [3.63, 3.8) is 0 Å². The molecule has 3 rings (SSSR count). The Hall–Kier alpha value is -2.21. The molecule has 1 aromatic heterocycles. The number of halogens is 3. The van der Waals surface area contributed by atoms with E-state index < -0.39 is 6.43 Å². The third-order valence-corrected chi connectivity index (χ3v) is 4.53. The molecule has 1 atom stereocenters. The molecule has 1 aromatic carbocycles. The summed E-state index contributed by atoms with van der Waals surface area (Å²) in [5.41, 5.74) is 2.05. The number of benzene rings is 1. The number of rotatable bonds is 5. The molecule has 1 amide bonds. The smallest absolute Gasteiger partial charge is 0.280 e. The first-order chi connectivity index (χ1) is 12.0. The van der Waals surface area contributed by atoms with Gasteiger partial charge in [-0.05, 0) is 43.2 Å². The zero-order valence-corrected chi connectivity index (χ0v) is 14.4. The molecule has 132 valence electrons. The third kappa shape index (κ3) is 3.90. The molecule has 2 heterocycles. The van der Waals surface area contributed by atoms with E-state index in [9.17, 15) is 13.6 Å². The Bertz CT molecular complexity index is 767. The lowest BCUT2D eigenvalue weighted by Gasteiger charge is -2.20. The van der Waals surface area contributed by atoms with Crippen molar-refractivity contribution in [1.29, 1.82) is 0 Å². The van der Waals surface area contributed by atoms with Crippen molar-refractivity contribution >= 4 is 28.9 Å². The van der Waals surface area contributed by atoms with E-state index in [0.29, 0.717) is 23.7 Å². The first kappa shape index (κ1) is 17.6. The number of hydrogen-bond acceptors (Lipinski definition) is 3. The third-order valence-electron chi connectivity index (χ3n) is 4.23. The summed E-state index contributed by atoms with van der Waals surface area (Å²) in [4.78, 5) is 17.3. The van der Waals surface area contributed by atoms with E-state index in [1.165, 1.54) is 12.3 Å². The molecule has 4 nitrogen and oxygen atoms in total. The van der Waals surface area contributed by atoms with Crippen LogP contribution in [0.15, 0.2) is 36.5 Å². The van der Waals surface area contributed by atoms with E-state index in [4.69, 9.17) is 11.6 Å². The van der Waals surface area contributed by atoms with Crippen LogP contribution in [0.2, 0.25) is 5.02 Å². The highest BCUT2D eigenvalue weighted by atomic mass is 35.5. The van der Waals surface area contributed by atoms with Crippen molar-refractivity contribution in [1.82, 2.24) is 4.98 Å². The maximum Gasteiger partial charge on any atom is 0.280 e. The topological polar surface area (TPSA) is 45.2 Å². The molecule has 0 radical (unpaired) electrons. The van der Waals surface area contributed by atoms with Gasteiger partial charge in [-0.15, -0.1) is 0 Å². The molecule has 0 spiro atoms. The predicted octanol–water partition coefficient (Wildman–Crippen LogP) is 4.97. The molecule has 7 heteroatoms. The van der Waals surface area contributed by atoms with Crippen LogP contribution in [0, 0.1) is 0 Å². The average molecular weight is 366 g/mol. The number of nitrogens with one attached hydrogen (secondary N) is 1. The second-order valence-corrected chi connectivity index (χ2v) is 6.41. The molecule has 0 bridgehead atoms. The van der Waals surface area contributed by atoms with Gasteiger partial charge >= 0.3 is 0 Å². The Balaban J connectivity index is 1.72. The maximum absolute atomic E-state index is 12.6. The van der Waals surface area contributed by atoms with E-state index in [-0.39, 0.29) is 17.6 Å². The summed E-state index contributed by atoms with van der Waals surface area (Å²) >= 11 is 6.33. The minimum Gasteiger partial charge on any atom is -0.378 e. The van der Waals surface area contributed by atoms with Crippen molar-refractivity contribution in [2.45, 2.75) is 32.2 Å². The van der Waals surface area contributed by atoms with E-state index >= 15 is 0 Å². The lowest BCUT2D eigenvalue weighted by atomic mass is 10.1. The van der Waals surface area contributed by atoms with Crippen LogP contribution in [0.3, 0.4) is 0 Å². The van der Waals surface area contributed by atoms with Crippen LogP contribution in [0.4, 0.5) is 20.2 Å². The van der Waals surface area contributed by atoms with E-state index in [0.717, 1.165) is 17.7 Å². The molecule has 1 unspecified atom stereocenters. The van der Waals surface area contributed by atoms with Gasteiger partial charge in [0, 0.05) is 24.8 Å². The van der Waals surface area contributed by atoms with Crippen molar-refractivity contribution in [2.24, 2.45) is 0 Å². The number of anilines is 2. The highest BCUT2D eigenvalue weighted by Crippen LogP contribution is 2.32. The number of hydrogen-bond donors (Lipinski definition) is 1. The molecule has 0 saturated carbocycles. The molecule has 1 aliphatic rings. The van der Waals surface area contributed by atoms with E-state index in [1.54, 1.807) is 17.0 Å². The van der Waals surface area contributed by atoms with Gasteiger partial charge in [-0.3, -0.25) is 9.78 Å². The van der Waals surface area contributed by atoms with Crippen LogP contribution in [-0.4, -0.2) is 17.4 Å². The second kappa shape index (κ2) is 7.35. The number of amides is 1. The van der Waals surface area contributed by atoms with E-state index in [1.807, 2.05) is 19.1 Å². The lowest BCUT2D eigenvalue weighted by Crippen LogP contribution is -2.24. The number of nitrogens with zero attached hydrogens (tertiary/aromatic N) is 2. The summed E-state index contributed by atoms with van der Waals surface area (Å²) in [5.74, 6) is 0.0844. The van der Waals surface area contributed by atoms with Crippen molar-refractivity contribution in [3.8, 4) is 0 Å². The Morgan fingerprint density at radius 2 is 2.08 bits per heavy atom. The van der Waals surface area contributed by atoms with Gasteiger partial charge < -0.3 is 10.2 Å². The minimum atomic E-state index is -2.57. The lowest BCUT2D eigenvalue weighted by molar-refractivity contribution is -0.117. The quantitative estimate of drug-likeness (QED) is 0.813. The SMILES string of the molecule is CC(Nc1ccc(N2CCCC2=O)c(Cl)c1)c1ccc(C(F)F)nc1. The van der Waals surface area contributed by atoms with Crippen molar-refractivity contribution in [3.05, 3.63) is 52.8 Å². The predicted molar refractivity (Wildman–Crippen MR) is 94.3 cm³/mol. The number of alkyl halides is 2. The number of aromatic nitrogens is 1. The Morgan fingerprint density at radius 1 is 1.28 bits per heavy atom. The van der Waals surface area contributed by atoms with Crippen molar-refractivity contribution in [2.75, 3.05) is 16.8 Å². The summed E-state index contributed by atoms with van der Waals surface area (Å²) in [7, 11) is 0. The van der Waals surface area contributed by atoms with Gasteiger partial charge in [0.15, 0.2) is 0 Å². The molecule has 1 fully saturated rings. The number of pyridine rings is 1. The highest BCUT2D eigenvalue weighted by molar-refractivity contribution is 6.34. The average Bonchev–Trinajstić information content (AvgIpc) is 3.01. The van der Waals surface area contributed by atoms with Gasteiger partial charge in [-0.2, -0.15) is 0 Å². The second-order valence-electron chi connectivity index (χ2n) is 6.00. The summed E-state index contributed by atoms with van der Waals surface area (Å²) in [6.07, 6.45) is 0.262. The molecular formula is C18H18ClF2N3O. The van der Waals surface area contributed by atoms with E-state index in [2.05, 4.69) is 10.3 Å². The van der Waals surface area contributed by atoms with Gasteiger partial charge in [0.2, 0.25) is 5.91 Å².